The predicted octanol–water partition coefficient (Wildman–Crippen LogP) is 1.00. The van der Waals surface area contributed by atoms with Crippen molar-refractivity contribution in [3.8, 4) is 0 Å². The zero-order valence-corrected chi connectivity index (χ0v) is 14.7. The van der Waals surface area contributed by atoms with E-state index in [0.717, 1.165) is 17.0 Å². The van der Waals surface area contributed by atoms with Crippen molar-refractivity contribution in [3.63, 3.8) is 0 Å². The first kappa shape index (κ1) is 20.8. The number of alkyl halides is 3. The molecular weight excluding hydrogens is 391 g/mol. The third-order valence-electron chi connectivity index (χ3n) is 3.63. The zero-order chi connectivity index (χ0) is 20.2. The number of hydrogen-bond donors (Lipinski definition) is 2. The molecule has 2 N–H and O–H groups in total. The Morgan fingerprint density at radius 2 is 1.63 bits per heavy atom. The number of carbonyl (C=O) groups is 3. The van der Waals surface area contributed by atoms with Crippen LogP contribution in [0.2, 0.25) is 0 Å². The lowest BCUT2D eigenvalue weighted by atomic mass is 10.3. The number of hydrogen-bond acceptors (Lipinski definition) is 5. The third kappa shape index (κ3) is 6.03. The van der Waals surface area contributed by atoms with Gasteiger partial charge >= 0.3 is 6.18 Å². The van der Waals surface area contributed by atoms with Gasteiger partial charge in [0.25, 0.3) is 0 Å². The van der Waals surface area contributed by atoms with E-state index in [1.54, 1.807) is 0 Å². The Morgan fingerprint density at radius 3 is 2.15 bits per heavy atom. The number of nitrogens with one attached hydrogen (secondary N) is 2. The minimum Gasteiger partial charge on any atom is -0.326 e. The summed E-state index contributed by atoms with van der Waals surface area (Å²) < 4.78 is 61.3. The smallest absolute Gasteiger partial charge is 0.326 e. The molecule has 0 aliphatic carbocycles. The van der Waals surface area contributed by atoms with Crippen LogP contribution < -0.4 is 10.0 Å². The molecule has 0 saturated carbocycles. The number of anilines is 1. The Hall–Kier alpha value is -2.47. The van der Waals surface area contributed by atoms with Crippen LogP contribution in [0.3, 0.4) is 0 Å². The minimum atomic E-state index is -4.68. The largest absolute Gasteiger partial charge is 0.402 e. The number of benzene rings is 1. The summed E-state index contributed by atoms with van der Waals surface area (Å²) in [5.74, 6) is -1.18. The van der Waals surface area contributed by atoms with Gasteiger partial charge in [0.15, 0.2) is 0 Å². The standard InChI is InChI=1S/C15H16F3N3O5S/c16-15(17,18)9-19-27(25,26)11-3-1-10(2-4-11)20-12(22)7-8-21-13(23)5-6-14(21)24/h1-4,19H,5-9H2,(H,20,22). The average molecular weight is 407 g/mol. The van der Waals surface area contributed by atoms with Gasteiger partial charge < -0.3 is 5.32 Å². The lowest BCUT2D eigenvalue weighted by Gasteiger charge is -2.13. The lowest BCUT2D eigenvalue weighted by molar-refractivity contribution is -0.138. The topological polar surface area (TPSA) is 113 Å². The van der Waals surface area contributed by atoms with Crippen molar-refractivity contribution in [2.45, 2.75) is 30.3 Å². The third-order valence-corrected chi connectivity index (χ3v) is 5.05. The second-order valence-corrected chi connectivity index (χ2v) is 7.47. The average Bonchev–Trinajstić information content (AvgIpc) is 2.89. The van der Waals surface area contributed by atoms with Crippen LogP contribution in [-0.2, 0) is 24.4 Å². The first-order chi connectivity index (χ1) is 12.5. The van der Waals surface area contributed by atoms with Gasteiger partial charge in [-0.3, -0.25) is 19.3 Å². The number of halogens is 3. The van der Waals surface area contributed by atoms with Crippen LogP contribution in [0.5, 0.6) is 0 Å². The molecule has 0 radical (unpaired) electrons. The second kappa shape index (κ2) is 8.05. The van der Waals surface area contributed by atoms with Crippen molar-refractivity contribution < 1.29 is 36.0 Å². The first-order valence-electron chi connectivity index (χ1n) is 7.77. The van der Waals surface area contributed by atoms with Gasteiger partial charge in [-0.1, -0.05) is 0 Å². The molecule has 0 spiro atoms. The van der Waals surface area contributed by atoms with E-state index in [1.165, 1.54) is 16.9 Å². The normalized spacial score (nSPS) is 15.3. The number of sulfonamides is 1. The SMILES string of the molecule is O=C(CCN1C(=O)CCC1=O)Nc1ccc(S(=O)(=O)NCC(F)(F)F)cc1. The lowest BCUT2D eigenvalue weighted by Crippen LogP contribution is -2.33. The Kier molecular flexibility index (Phi) is 6.21. The predicted molar refractivity (Wildman–Crippen MR) is 86.9 cm³/mol. The fourth-order valence-electron chi connectivity index (χ4n) is 2.29. The van der Waals surface area contributed by atoms with Crippen LogP contribution in [0, 0.1) is 0 Å². The molecule has 12 heteroatoms. The number of likely N-dealkylation sites (tertiary alicyclic amines) is 1. The molecule has 1 aromatic rings. The molecule has 1 saturated heterocycles. The van der Waals surface area contributed by atoms with Crippen molar-refractivity contribution in [1.82, 2.24) is 9.62 Å². The maximum Gasteiger partial charge on any atom is 0.402 e. The van der Waals surface area contributed by atoms with Crippen LogP contribution in [0.25, 0.3) is 0 Å². The fourth-order valence-corrected chi connectivity index (χ4v) is 3.30. The van der Waals surface area contributed by atoms with Gasteiger partial charge in [0.1, 0.15) is 6.54 Å². The number of carbonyl (C=O) groups excluding carboxylic acids is 3. The molecular formula is C15H16F3N3O5S. The summed E-state index contributed by atoms with van der Waals surface area (Å²) in [5, 5.41) is 2.45. The Bertz CT molecular complexity index is 821. The maximum absolute atomic E-state index is 12.1. The van der Waals surface area contributed by atoms with E-state index < -0.39 is 33.5 Å². The van der Waals surface area contributed by atoms with E-state index in [0.29, 0.717) is 0 Å². The van der Waals surface area contributed by atoms with Crippen molar-refractivity contribution in [2.24, 2.45) is 0 Å². The van der Waals surface area contributed by atoms with Gasteiger partial charge in [0, 0.05) is 31.5 Å². The molecule has 0 aromatic heterocycles. The first-order valence-corrected chi connectivity index (χ1v) is 9.26. The van der Waals surface area contributed by atoms with E-state index in [4.69, 9.17) is 0 Å². The summed E-state index contributed by atoms with van der Waals surface area (Å²) in [6, 6.07) is 4.52. The quantitative estimate of drug-likeness (QED) is 0.655. The van der Waals surface area contributed by atoms with E-state index in [9.17, 15) is 36.0 Å². The maximum atomic E-state index is 12.1. The number of nitrogens with zero attached hydrogens (tertiary/aromatic N) is 1. The molecule has 0 atom stereocenters. The monoisotopic (exact) mass is 407 g/mol. The summed E-state index contributed by atoms with van der Waals surface area (Å²) in [5.41, 5.74) is 0.217. The highest BCUT2D eigenvalue weighted by atomic mass is 32.2. The number of imide groups is 1. The van der Waals surface area contributed by atoms with Crippen molar-refractivity contribution in [1.29, 1.82) is 0 Å². The molecule has 3 amide bonds. The van der Waals surface area contributed by atoms with Crippen LogP contribution in [0.1, 0.15) is 19.3 Å². The van der Waals surface area contributed by atoms with E-state index in [-0.39, 0.29) is 43.3 Å². The summed E-state index contributed by atoms with van der Waals surface area (Å²) in [6.45, 7) is -1.75. The zero-order valence-electron chi connectivity index (χ0n) is 13.9. The Morgan fingerprint density at radius 1 is 1.07 bits per heavy atom. The summed E-state index contributed by atoms with van der Waals surface area (Å²) >= 11 is 0. The van der Waals surface area contributed by atoms with E-state index in [1.807, 2.05) is 0 Å². The van der Waals surface area contributed by atoms with Crippen LogP contribution in [-0.4, -0.2) is 50.3 Å². The van der Waals surface area contributed by atoms with E-state index >= 15 is 0 Å². The second-order valence-electron chi connectivity index (χ2n) is 5.70. The molecule has 148 valence electrons. The fraction of sp³-hybridized carbons (Fsp3) is 0.400. The molecule has 1 aliphatic rings. The summed E-state index contributed by atoms with van der Waals surface area (Å²) in [6.07, 6.45) is -4.57. The molecule has 1 fully saturated rings. The molecule has 2 rings (SSSR count). The molecule has 1 aromatic carbocycles. The molecule has 1 aliphatic heterocycles. The Balaban J connectivity index is 1.90. The van der Waals surface area contributed by atoms with Crippen LogP contribution >= 0.6 is 0 Å². The highest BCUT2D eigenvalue weighted by Crippen LogP contribution is 2.17. The number of rotatable bonds is 7. The van der Waals surface area contributed by atoms with Gasteiger partial charge in [-0.15, -0.1) is 0 Å². The van der Waals surface area contributed by atoms with Crippen molar-refractivity contribution >= 4 is 33.4 Å². The highest BCUT2D eigenvalue weighted by molar-refractivity contribution is 7.89. The Labute approximate surface area is 152 Å². The van der Waals surface area contributed by atoms with Gasteiger partial charge in [-0.05, 0) is 24.3 Å². The molecule has 0 unspecified atom stereocenters. The van der Waals surface area contributed by atoms with Crippen LogP contribution in [0.15, 0.2) is 29.2 Å². The van der Waals surface area contributed by atoms with Gasteiger partial charge in [-0.2, -0.15) is 13.2 Å². The van der Waals surface area contributed by atoms with Gasteiger partial charge in [0.05, 0.1) is 4.90 Å². The van der Waals surface area contributed by atoms with E-state index in [2.05, 4.69) is 5.32 Å². The van der Waals surface area contributed by atoms with Gasteiger partial charge in [-0.25, -0.2) is 13.1 Å². The van der Waals surface area contributed by atoms with Crippen molar-refractivity contribution in [3.05, 3.63) is 24.3 Å². The van der Waals surface area contributed by atoms with Crippen molar-refractivity contribution in [2.75, 3.05) is 18.4 Å². The van der Waals surface area contributed by atoms with Crippen LogP contribution in [0.4, 0.5) is 18.9 Å². The molecule has 1 heterocycles. The number of amides is 3. The molecule has 0 bridgehead atoms. The molecule has 27 heavy (non-hydrogen) atoms. The highest BCUT2D eigenvalue weighted by Gasteiger charge is 2.30. The molecule has 8 nitrogen and oxygen atoms in total. The minimum absolute atomic E-state index is 0.0582. The van der Waals surface area contributed by atoms with Gasteiger partial charge in [0.2, 0.25) is 27.7 Å². The summed E-state index contributed by atoms with van der Waals surface area (Å²) in [4.78, 5) is 35.4. The summed E-state index contributed by atoms with van der Waals surface area (Å²) in [7, 11) is -4.34.